The molecule has 8 heteroatoms. The van der Waals surface area contributed by atoms with E-state index in [1.807, 2.05) is 25.1 Å². The molecule has 0 aromatic heterocycles. The molecule has 0 heterocycles. The Labute approximate surface area is 188 Å². The second-order valence-electron chi connectivity index (χ2n) is 6.32. The molecule has 1 amide bonds. The molecule has 0 unspecified atom stereocenters. The molecule has 0 fully saturated rings. The summed E-state index contributed by atoms with van der Waals surface area (Å²) in [6, 6.07) is 18.3. The molecule has 3 aromatic rings. The smallest absolute Gasteiger partial charge is 0.243 e. The predicted octanol–water partition coefficient (Wildman–Crippen LogP) is 5.14. The predicted molar refractivity (Wildman–Crippen MR) is 124 cm³/mol. The number of benzene rings is 3. The zero-order chi connectivity index (χ0) is 21.0. The van der Waals surface area contributed by atoms with Gasteiger partial charge in [-0.2, -0.15) is 0 Å². The first-order valence-corrected chi connectivity index (χ1v) is 11.6. The van der Waals surface area contributed by atoms with Crippen molar-refractivity contribution < 1.29 is 13.2 Å². The van der Waals surface area contributed by atoms with Crippen LogP contribution in [0.4, 0.5) is 11.4 Å². The number of aryl methyl sites for hydroxylation is 1. The molecule has 0 aliphatic heterocycles. The van der Waals surface area contributed by atoms with Gasteiger partial charge in [0.2, 0.25) is 15.7 Å². The highest BCUT2D eigenvalue weighted by Gasteiger charge is 2.22. The average molecular weight is 541 g/mol. The Morgan fingerprint density at radius 1 is 1.00 bits per heavy atom. The highest BCUT2D eigenvalue weighted by molar-refractivity contribution is 14.1. The molecule has 3 rings (SSSR count). The van der Waals surface area contributed by atoms with Gasteiger partial charge >= 0.3 is 0 Å². The quantitative estimate of drug-likeness (QED) is 0.425. The number of rotatable bonds is 6. The lowest BCUT2D eigenvalue weighted by atomic mass is 10.2. The van der Waals surface area contributed by atoms with Gasteiger partial charge in [0, 0.05) is 14.3 Å². The molecule has 2 N–H and O–H groups in total. The van der Waals surface area contributed by atoms with Crippen LogP contribution in [0.1, 0.15) is 5.56 Å². The monoisotopic (exact) mass is 540 g/mol. The van der Waals surface area contributed by atoms with Crippen LogP contribution in [0.5, 0.6) is 0 Å². The number of hydrogen-bond donors (Lipinski definition) is 2. The van der Waals surface area contributed by atoms with Gasteiger partial charge in [-0.15, -0.1) is 0 Å². The van der Waals surface area contributed by atoms with Gasteiger partial charge < -0.3 is 10.6 Å². The van der Waals surface area contributed by atoms with Gasteiger partial charge in [-0.3, -0.25) is 4.79 Å². The number of anilines is 2. The van der Waals surface area contributed by atoms with Gasteiger partial charge in [-0.1, -0.05) is 29.8 Å². The summed E-state index contributed by atoms with van der Waals surface area (Å²) >= 11 is 8.24. The number of carbonyl (C=O) groups excluding carboxylic acids is 1. The van der Waals surface area contributed by atoms with E-state index in [0.717, 1.165) is 9.13 Å². The zero-order valence-electron chi connectivity index (χ0n) is 15.4. The molecule has 150 valence electrons. The number of amides is 1. The van der Waals surface area contributed by atoms with Crippen molar-refractivity contribution in [3.63, 3.8) is 0 Å². The van der Waals surface area contributed by atoms with E-state index in [1.165, 1.54) is 18.2 Å². The van der Waals surface area contributed by atoms with Gasteiger partial charge in [0.15, 0.2) is 0 Å². The molecule has 0 bridgehead atoms. The Morgan fingerprint density at radius 2 is 1.69 bits per heavy atom. The van der Waals surface area contributed by atoms with E-state index in [4.69, 9.17) is 11.6 Å². The first kappa shape index (κ1) is 21.6. The first-order chi connectivity index (χ1) is 13.8. The van der Waals surface area contributed by atoms with Gasteiger partial charge in [0.25, 0.3) is 0 Å². The van der Waals surface area contributed by atoms with Crippen LogP contribution in [0.3, 0.4) is 0 Å². The van der Waals surface area contributed by atoms with E-state index in [2.05, 4.69) is 33.2 Å². The van der Waals surface area contributed by atoms with Crippen molar-refractivity contribution in [2.75, 3.05) is 17.2 Å². The van der Waals surface area contributed by atoms with Crippen molar-refractivity contribution in [3.8, 4) is 0 Å². The van der Waals surface area contributed by atoms with Crippen LogP contribution < -0.4 is 10.6 Å². The Kier molecular flexibility index (Phi) is 6.81. The Morgan fingerprint density at radius 3 is 2.38 bits per heavy atom. The maximum Gasteiger partial charge on any atom is 0.243 e. The summed E-state index contributed by atoms with van der Waals surface area (Å²) in [5.74, 6) is -0.285. The van der Waals surface area contributed by atoms with Crippen molar-refractivity contribution in [2.45, 2.75) is 16.7 Å². The molecule has 0 radical (unpaired) electrons. The fraction of sp³-hybridized carbons (Fsp3) is 0.0952. The third kappa shape index (κ3) is 5.29. The Balaban J connectivity index is 1.80. The van der Waals surface area contributed by atoms with Crippen molar-refractivity contribution in [3.05, 3.63) is 80.9 Å². The number of halogens is 2. The van der Waals surface area contributed by atoms with Crippen LogP contribution in [0.15, 0.2) is 76.5 Å². The third-order valence-electron chi connectivity index (χ3n) is 4.19. The van der Waals surface area contributed by atoms with Crippen LogP contribution in [-0.4, -0.2) is 20.9 Å². The fourth-order valence-electron chi connectivity index (χ4n) is 2.73. The topological polar surface area (TPSA) is 75.3 Å². The molecule has 0 spiro atoms. The van der Waals surface area contributed by atoms with Crippen LogP contribution in [-0.2, 0) is 14.6 Å². The number of hydrogen-bond acceptors (Lipinski definition) is 4. The molecule has 0 aliphatic carbocycles. The lowest BCUT2D eigenvalue weighted by molar-refractivity contribution is -0.114. The van der Waals surface area contributed by atoms with E-state index >= 15 is 0 Å². The van der Waals surface area contributed by atoms with Crippen molar-refractivity contribution in [1.29, 1.82) is 0 Å². The minimum absolute atomic E-state index is 0.0226. The molecular formula is C21H18ClIN2O3S. The first-order valence-electron chi connectivity index (χ1n) is 8.67. The standard InChI is InChI=1S/C21H18ClIN2O3S/c1-14-11-16(23)8-10-18(14)25-21(26)13-24-19-9-7-15(22)12-20(19)29(27,28)17-5-3-2-4-6-17/h2-12,24H,13H2,1H3,(H,25,26). The maximum atomic E-state index is 13.0. The zero-order valence-corrected chi connectivity index (χ0v) is 19.2. The lowest BCUT2D eigenvalue weighted by Gasteiger charge is -2.14. The van der Waals surface area contributed by atoms with Crippen molar-refractivity contribution in [1.82, 2.24) is 0 Å². The highest BCUT2D eigenvalue weighted by Crippen LogP contribution is 2.30. The summed E-state index contributed by atoms with van der Waals surface area (Å²) in [5.41, 5.74) is 1.97. The van der Waals surface area contributed by atoms with Crippen LogP contribution in [0, 0.1) is 10.5 Å². The van der Waals surface area contributed by atoms with Crippen molar-refractivity contribution >= 4 is 61.3 Å². The summed E-state index contributed by atoms with van der Waals surface area (Å²) in [5, 5.41) is 6.04. The molecule has 0 saturated heterocycles. The van der Waals surface area contributed by atoms with E-state index in [1.54, 1.807) is 30.3 Å². The number of carbonyl (C=O) groups is 1. The molecule has 0 aliphatic rings. The normalized spacial score (nSPS) is 11.1. The van der Waals surface area contributed by atoms with E-state index in [-0.39, 0.29) is 22.2 Å². The maximum absolute atomic E-state index is 13.0. The van der Waals surface area contributed by atoms with Crippen LogP contribution >= 0.6 is 34.2 Å². The van der Waals surface area contributed by atoms with Gasteiger partial charge in [-0.25, -0.2) is 8.42 Å². The van der Waals surface area contributed by atoms with Gasteiger partial charge in [-0.05, 0) is 83.6 Å². The minimum Gasteiger partial charge on any atom is -0.375 e. The van der Waals surface area contributed by atoms with Crippen molar-refractivity contribution in [2.24, 2.45) is 0 Å². The molecule has 3 aromatic carbocycles. The highest BCUT2D eigenvalue weighted by atomic mass is 127. The summed E-state index contributed by atoms with van der Waals surface area (Å²) in [6.07, 6.45) is 0. The second kappa shape index (κ2) is 9.15. The third-order valence-corrected chi connectivity index (χ3v) is 6.90. The number of sulfone groups is 1. The van der Waals surface area contributed by atoms with Gasteiger partial charge in [0.05, 0.1) is 22.0 Å². The summed E-state index contributed by atoms with van der Waals surface area (Å²) in [6.45, 7) is 1.82. The molecule has 0 atom stereocenters. The lowest BCUT2D eigenvalue weighted by Crippen LogP contribution is -2.23. The second-order valence-corrected chi connectivity index (χ2v) is 9.92. The molecule has 0 saturated carbocycles. The van der Waals surface area contributed by atoms with Crippen LogP contribution in [0.25, 0.3) is 0 Å². The molecular weight excluding hydrogens is 523 g/mol. The SMILES string of the molecule is Cc1cc(I)ccc1NC(=O)CNc1ccc(Cl)cc1S(=O)(=O)c1ccccc1. The Hall–Kier alpha value is -2.10. The molecule has 5 nitrogen and oxygen atoms in total. The van der Waals surface area contributed by atoms with E-state index in [9.17, 15) is 13.2 Å². The number of nitrogens with one attached hydrogen (secondary N) is 2. The van der Waals surface area contributed by atoms with E-state index < -0.39 is 9.84 Å². The molecule has 29 heavy (non-hydrogen) atoms. The van der Waals surface area contributed by atoms with Gasteiger partial charge in [0.1, 0.15) is 0 Å². The summed E-state index contributed by atoms with van der Waals surface area (Å²) in [7, 11) is -3.79. The summed E-state index contributed by atoms with van der Waals surface area (Å²) < 4.78 is 27.1. The minimum atomic E-state index is -3.79. The largest absolute Gasteiger partial charge is 0.375 e. The van der Waals surface area contributed by atoms with Crippen LogP contribution in [0.2, 0.25) is 5.02 Å². The van der Waals surface area contributed by atoms with E-state index in [0.29, 0.717) is 16.4 Å². The average Bonchev–Trinajstić information content (AvgIpc) is 2.70. The summed E-state index contributed by atoms with van der Waals surface area (Å²) in [4.78, 5) is 12.5. The Bertz CT molecular complexity index is 1150. The fourth-order valence-corrected chi connectivity index (χ4v) is 5.09.